The third-order valence-corrected chi connectivity index (χ3v) is 4.74. The molecule has 24 heavy (non-hydrogen) atoms. The first-order valence-electron chi connectivity index (χ1n) is 7.04. The van der Waals surface area contributed by atoms with Gasteiger partial charge in [0.25, 0.3) is 11.5 Å². The minimum Gasteiger partial charge on any atom is -0.496 e. The topological polar surface area (TPSA) is 72.7 Å². The Morgan fingerprint density at radius 3 is 2.83 bits per heavy atom. The number of benzene rings is 1. The normalized spacial score (nSPS) is 10.8. The van der Waals surface area contributed by atoms with Gasteiger partial charge >= 0.3 is 0 Å². The second kappa shape index (κ2) is 6.26. The molecule has 0 aliphatic rings. The van der Waals surface area contributed by atoms with Gasteiger partial charge < -0.3 is 10.1 Å². The molecular weight excluding hydrogens is 350 g/mol. The number of hydrogen-bond donors (Lipinski definition) is 1. The zero-order valence-corrected chi connectivity index (χ0v) is 14.8. The highest BCUT2D eigenvalue weighted by Gasteiger charge is 2.18. The Morgan fingerprint density at radius 1 is 1.38 bits per heavy atom. The molecule has 1 N–H and O–H groups in total. The highest BCUT2D eigenvalue weighted by atomic mass is 35.5. The molecule has 124 valence electrons. The van der Waals surface area contributed by atoms with Crippen molar-refractivity contribution in [3.05, 3.63) is 55.9 Å². The molecule has 2 aromatic heterocycles. The van der Waals surface area contributed by atoms with Crippen LogP contribution in [0, 0.1) is 13.8 Å². The maximum absolute atomic E-state index is 12.7. The lowest BCUT2D eigenvalue weighted by atomic mass is 10.2. The number of aromatic nitrogens is 2. The van der Waals surface area contributed by atoms with Crippen molar-refractivity contribution in [1.82, 2.24) is 9.38 Å². The van der Waals surface area contributed by atoms with Crippen molar-refractivity contribution in [2.75, 3.05) is 12.4 Å². The molecule has 0 atom stereocenters. The number of anilines is 1. The Kier molecular flexibility index (Phi) is 4.29. The van der Waals surface area contributed by atoms with Crippen molar-refractivity contribution in [3.63, 3.8) is 0 Å². The first-order chi connectivity index (χ1) is 11.4. The predicted octanol–water partition coefficient (Wildman–Crippen LogP) is 3.29. The predicted molar refractivity (Wildman–Crippen MR) is 94.8 cm³/mol. The number of fused-ring (bicyclic) bond motifs is 1. The Morgan fingerprint density at radius 2 is 2.12 bits per heavy atom. The summed E-state index contributed by atoms with van der Waals surface area (Å²) in [5, 5.41) is 4.88. The first kappa shape index (κ1) is 16.5. The maximum Gasteiger partial charge on any atom is 0.282 e. The lowest BCUT2D eigenvalue weighted by Crippen LogP contribution is -2.25. The largest absolute Gasteiger partial charge is 0.496 e. The van der Waals surface area contributed by atoms with E-state index in [0.29, 0.717) is 21.4 Å². The van der Waals surface area contributed by atoms with Gasteiger partial charge in [-0.3, -0.25) is 14.0 Å². The van der Waals surface area contributed by atoms with E-state index in [0.717, 1.165) is 5.69 Å². The summed E-state index contributed by atoms with van der Waals surface area (Å²) < 4.78 is 6.65. The van der Waals surface area contributed by atoms with Crippen LogP contribution >= 0.6 is 22.9 Å². The number of carbonyl (C=O) groups is 1. The van der Waals surface area contributed by atoms with Crippen molar-refractivity contribution in [2.45, 2.75) is 13.8 Å². The molecule has 0 aliphatic heterocycles. The third-order valence-electron chi connectivity index (χ3n) is 3.57. The fraction of sp³-hybridized carbons (Fsp3) is 0.188. The molecule has 0 aliphatic carbocycles. The van der Waals surface area contributed by atoms with Gasteiger partial charge in [-0.05, 0) is 32.0 Å². The molecule has 1 amide bonds. The molecule has 0 spiro atoms. The molecule has 0 unspecified atom stereocenters. The second-order valence-corrected chi connectivity index (χ2v) is 6.44. The van der Waals surface area contributed by atoms with Gasteiger partial charge in [0, 0.05) is 16.1 Å². The van der Waals surface area contributed by atoms with Gasteiger partial charge in [0.2, 0.25) is 0 Å². The van der Waals surface area contributed by atoms with Crippen molar-refractivity contribution >= 4 is 39.5 Å². The number of ether oxygens (including phenoxy) is 1. The third kappa shape index (κ3) is 2.76. The van der Waals surface area contributed by atoms with Crippen LogP contribution in [0.25, 0.3) is 4.96 Å². The molecule has 0 saturated carbocycles. The van der Waals surface area contributed by atoms with E-state index in [4.69, 9.17) is 16.3 Å². The van der Waals surface area contributed by atoms with Gasteiger partial charge in [-0.1, -0.05) is 11.6 Å². The minimum atomic E-state index is -0.482. The first-order valence-corrected chi connectivity index (χ1v) is 8.30. The number of carbonyl (C=O) groups excluding carboxylic acids is 1. The van der Waals surface area contributed by atoms with E-state index in [9.17, 15) is 9.59 Å². The van der Waals surface area contributed by atoms with Crippen LogP contribution in [-0.2, 0) is 0 Å². The van der Waals surface area contributed by atoms with Crippen LogP contribution in [0.5, 0.6) is 5.75 Å². The summed E-state index contributed by atoms with van der Waals surface area (Å²) in [6.45, 7) is 3.49. The highest BCUT2D eigenvalue weighted by molar-refractivity contribution is 7.15. The minimum absolute atomic E-state index is 0.140. The summed E-state index contributed by atoms with van der Waals surface area (Å²) >= 11 is 7.33. The van der Waals surface area contributed by atoms with Crippen LogP contribution < -0.4 is 15.6 Å². The van der Waals surface area contributed by atoms with E-state index in [2.05, 4.69) is 10.3 Å². The number of halogens is 1. The van der Waals surface area contributed by atoms with Gasteiger partial charge in [-0.15, -0.1) is 11.3 Å². The molecule has 0 radical (unpaired) electrons. The number of hydrogen-bond acceptors (Lipinski definition) is 5. The van der Waals surface area contributed by atoms with Crippen LogP contribution in [0.2, 0.25) is 5.02 Å². The average molecular weight is 364 g/mol. The van der Waals surface area contributed by atoms with Crippen molar-refractivity contribution in [1.29, 1.82) is 0 Å². The number of methoxy groups -OCH3 is 1. The summed E-state index contributed by atoms with van der Waals surface area (Å²) in [4.78, 5) is 30.2. The molecule has 2 heterocycles. The lowest BCUT2D eigenvalue weighted by Gasteiger charge is -2.11. The van der Waals surface area contributed by atoms with Gasteiger partial charge in [0.15, 0.2) is 4.96 Å². The number of nitrogens with zero attached hydrogens (tertiary/aromatic N) is 2. The Hall–Kier alpha value is -2.38. The molecular formula is C16H14ClN3O3S. The fourth-order valence-electron chi connectivity index (χ4n) is 2.37. The van der Waals surface area contributed by atoms with Gasteiger partial charge in [-0.2, -0.15) is 0 Å². The van der Waals surface area contributed by atoms with E-state index in [-0.39, 0.29) is 16.8 Å². The monoisotopic (exact) mass is 363 g/mol. The smallest absolute Gasteiger partial charge is 0.282 e. The molecule has 6 nitrogen and oxygen atoms in total. The van der Waals surface area contributed by atoms with E-state index >= 15 is 0 Å². The SMILES string of the molecule is COc1ccc(Cl)cc1C(=O)Nc1c(C)nc2scc(C)n2c1=O. The lowest BCUT2D eigenvalue weighted by molar-refractivity contribution is 0.102. The number of thiazole rings is 1. The van der Waals surface area contributed by atoms with E-state index < -0.39 is 5.91 Å². The van der Waals surface area contributed by atoms with Gasteiger partial charge in [0.05, 0.1) is 18.4 Å². The van der Waals surface area contributed by atoms with Gasteiger partial charge in [-0.25, -0.2) is 4.98 Å². The van der Waals surface area contributed by atoms with Crippen LogP contribution in [0.1, 0.15) is 21.7 Å². The van der Waals surface area contributed by atoms with Crippen molar-refractivity contribution in [2.24, 2.45) is 0 Å². The summed E-state index contributed by atoms with van der Waals surface area (Å²) in [6, 6.07) is 4.71. The standard InChI is InChI=1S/C16H14ClN3O3S/c1-8-7-24-16-18-9(2)13(15(22)20(8)16)19-14(21)11-6-10(17)4-5-12(11)23-3/h4-7H,1-3H3,(H,19,21). The number of nitrogens with one attached hydrogen (secondary N) is 1. The molecule has 0 bridgehead atoms. The van der Waals surface area contributed by atoms with Gasteiger partial charge in [0.1, 0.15) is 11.4 Å². The molecule has 0 saturated heterocycles. The van der Waals surface area contributed by atoms with Crippen LogP contribution in [0.15, 0.2) is 28.4 Å². The Bertz CT molecular complexity index is 1010. The van der Waals surface area contributed by atoms with Crippen LogP contribution in [0.3, 0.4) is 0 Å². The molecule has 0 fully saturated rings. The zero-order valence-electron chi connectivity index (χ0n) is 13.2. The molecule has 3 rings (SSSR count). The van der Waals surface area contributed by atoms with Crippen molar-refractivity contribution < 1.29 is 9.53 Å². The number of amides is 1. The number of aryl methyl sites for hydroxylation is 2. The van der Waals surface area contributed by atoms with Crippen LogP contribution in [0.4, 0.5) is 5.69 Å². The average Bonchev–Trinajstić information content (AvgIpc) is 2.92. The van der Waals surface area contributed by atoms with E-state index in [1.807, 2.05) is 12.3 Å². The quantitative estimate of drug-likeness (QED) is 0.775. The van der Waals surface area contributed by atoms with Crippen molar-refractivity contribution in [3.8, 4) is 5.75 Å². The second-order valence-electron chi connectivity index (χ2n) is 5.17. The molecule has 8 heteroatoms. The van der Waals surface area contributed by atoms with E-state index in [1.54, 1.807) is 19.1 Å². The summed E-state index contributed by atoms with van der Waals surface area (Å²) in [6.07, 6.45) is 0. The van der Waals surface area contributed by atoms with E-state index in [1.165, 1.54) is 28.9 Å². The highest BCUT2D eigenvalue weighted by Crippen LogP contribution is 2.24. The maximum atomic E-state index is 12.7. The Balaban J connectivity index is 2.07. The summed E-state index contributed by atoms with van der Waals surface area (Å²) in [5.41, 5.74) is 1.29. The summed E-state index contributed by atoms with van der Waals surface area (Å²) in [7, 11) is 1.46. The zero-order chi connectivity index (χ0) is 17.4. The molecule has 1 aromatic carbocycles. The van der Waals surface area contributed by atoms with Crippen LogP contribution in [-0.4, -0.2) is 22.4 Å². The summed E-state index contributed by atoms with van der Waals surface area (Å²) in [5.74, 6) is -0.111. The Labute approximate surface area is 146 Å². The fourth-order valence-corrected chi connectivity index (χ4v) is 3.44. The molecule has 3 aromatic rings. The number of rotatable bonds is 3.